The highest BCUT2D eigenvalue weighted by Gasteiger charge is 2.29. The molecule has 0 aromatic rings. The van der Waals surface area contributed by atoms with E-state index in [4.69, 9.17) is 0 Å². The van der Waals surface area contributed by atoms with E-state index in [0.717, 1.165) is 25.8 Å². The van der Waals surface area contributed by atoms with Crippen LogP contribution in [0.2, 0.25) is 0 Å². The third kappa shape index (κ3) is 10.6. The first-order valence-electron chi connectivity index (χ1n) is 6.41. The molecule has 0 aliphatic carbocycles. The van der Waals surface area contributed by atoms with Crippen LogP contribution in [0.15, 0.2) is 0 Å². The first-order chi connectivity index (χ1) is 7.89. The molecule has 0 heterocycles. The largest absolute Gasteiger partial charge is 0.401 e. The van der Waals surface area contributed by atoms with Gasteiger partial charge in [-0.05, 0) is 39.4 Å². The molecule has 1 atom stereocenters. The van der Waals surface area contributed by atoms with Gasteiger partial charge in [-0.1, -0.05) is 20.3 Å². The first kappa shape index (κ1) is 16.7. The van der Waals surface area contributed by atoms with E-state index in [9.17, 15) is 13.2 Å². The highest BCUT2D eigenvalue weighted by atomic mass is 19.4. The van der Waals surface area contributed by atoms with Gasteiger partial charge in [0.2, 0.25) is 0 Å². The number of nitrogens with one attached hydrogen (secondary N) is 1. The normalized spacial score (nSPS) is 14.3. The van der Waals surface area contributed by atoms with Gasteiger partial charge < -0.3 is 5.32 Å². The topological polar surface area (TPSA) is 15.3 Å². The van der Waals surface area contributed by atoms with Crippen molar-refractivity contribution in [2.75, 3.05) is 26.2 Å². The van der Waals surface area contributed by atoms with Crippen LogP contribution in [0.4, 0.5) is 13.2 Å². The van der Waals surface area contributed by atoms with E-state index >= 15 is 0 Å². The summed E-state index contributed by atoms with van der Waals surface area (Å²) in [6.45, 7) is 7.09. The molecule has 0 saturated carbocycles. The molecule has 1 unspecified atom stereocenters. The Kier molecular flexibility index (Phi) is 8.60. The second-order valence-corrected chi connectivity index (χ2v) is 4.44. The number of halogens is 3. The Hall–Kier alpha value is -0.290. The molecule has 0 rings (SSSR count). The van der Waals surface area contributed by atoms with E-state index in [1.807, 2.05) is 0 Å². The lowest BCUT2D eigenvalue weighted by Crippen LogP contribution is -2.35. The van der Waals surface area contributed by atoms with Crippen molar-refractivity contribution < 1.29 is 13.2 Å². The SMILES string of the molecule is CCNC(C)CCCCN(CC)CC(F)(F)F. The number of hydrogen-bond donors (Lipinski definition) is 1. The summed E-state index contributed by atoms with van der Waals surface area (Å²) in [5.41, 5.74) is 0. The van der Waals surface area contributed by atoms with Gasteiger partial charge >= 0.3 is 6.18 Å². The highest BCUT2D eigenvalue weighted by Crippen LogP contribution is 2.16. The van der Waals surface area contributed by atoms with E-state index in [1.54, 1.807) is 6.92 Å². The van der Waals surface area contributed by atoms with Crippen molar-refractivity contribution in [3.05, 3.63) is 0 Å². The lowest BCUT2D eigenvalue weighted by molar-refractivity contribution is -0.145. The van der Waals surface area contributed by atoms with Crippen molar-refractivity contribution in [2.45, 2.75) is 52.3 Å². The van der Waals surface area contributed by atoms with E-state index < -0.39 is 12.7 Å². The van der Waals surface area contributed by atoms with Gasteiger partial charge in [-0.2, -0.15) is 13.2 Å². The van der Waals surface area contributed by atoms with Crippen LogP contribution in [0, 0.1) is 0 Å². The Bertz CT molecular complexity index is 183. The van der Waals surface area contributed by atoms with Crippen LogP contribution in [-0.2, 0) is 0 Å². The van der Waals surface area contributed by atoms with Crippen LogP contribution in [0.25, 0.3) is 0 Å². The Balaban J connectivity index is 3.63. The van der Waals surface area contributed by atoms with Crippen molar-refractivity contribution in [3.8, 4) is 0 Å². The van der Waals surface area contributed by atoms with E-state index in [-0.39, 0.29) is 0 Å². The molecular formula is C12H25F3N2. The van der Waals surface area contributed by atoms with Gasteiger partial charge in [0.05, 0.1) is 6.54 Å². The molecule has 0 bridgehead atoms. The monoisotopic (exact) mass is 254 g/mol. The van der Waals surface area contributed by atoms with Crippen LogP contribution >= 0.6 is 0 Å². The summed E-state index contributed by atoms with van der Waals surface area (Å²) in [7, 11) is 0. The minimum absolute atomic E-state index is 0.456. The molecule has 0 radical (unpaired) electrons. The smallest absolute Gasteiger partial charge is 0.315 e. The molecule has 0 aliphatic rings. The van der Waals surface area contributed by atoms with Crippen molar-refractivity contribution in [1.29, 1.82) is 0 Å². The van der Waals surface area contributed by atoms with Crippen LogP contribution in [0.1, 0.15) is 40.0 Å². The molecule has 0 aromatic carbocycles. The average molecular weight is 254 g/mol. The third-order valence-electron chi connectivity index (χ3n) is 2.76. The summed E-state index contributed by atoms with van der Waals surface area (Å²) in [5, 5.41) is 3.29. The Labute approximate surface area is 103 Å². The molecule has 0 aromatic heterocycles. The molecule has 0 fully saturated rings. The van der Waals surface area contributed by atoms with Gasteiger partial charge in [-0.15, -0.1) is 0 Å². The van der Waals surface area contributed by atoms with E-state index in [0.29, 0.717) is 19.1 Å². The van der Waals surface area contributed by atoms with Crippen LogP contribution in [0.3, 0.4) is 0 Å². The Morgan fingerprint density at radius 2 is 1.82 bits per heavy atom. The van der Waals surface area contributed by atoms with E-state index in [1.165, 1.54) is 4.90 Å². The molecule has 17 heavy (non-hydrogen) atoms. The minimum atomic E-state index is -4.08. The van der Waals surface area contributed by atoms with E-state index in [2.05, 4.69) is 19.2 Å². The fourth-order valence-corrected chi connectivity index (χ4v) is 1.84. The summed E-state index contributed by atoms with van der Waals surface area (Å²) in [6, 6.07) is 0.456. The maximum absolute atomic E-state index is 12.2. The average Bonchev–Trinajstić information content (AvgIpc) is 2.21. The lowest BCUT2D eigenvalue weighted by Gasteiger charge is -2.22. The second-order valence-electron chi connectivity index (χ2n) is 4.44. The quantitative estimate of drug-likeness (QED) is 0.636. The Morgan fingerprint density at radius 3 is 2.29 bits per heavy atom. The standard InChI is InChI=1S/C12H25F3N2/c1-4-16-11(3)8-6-7-9-17(5-2)10-12(13,14)15/h11,16H,4-10H2,1-3H3. The number of nitrogens with zero attached hydrogens (tertiary/aromatic N) is 1. The van der Waals surface area contributed by atoms with Gasteiger partial charge in [0.1, 0.15) is 0 Å². The molecule has 0 saturated heterocycles. The molecule has 0 aliphatic heterocycles. The third-order valence-corrected chi connectivity index (χ3v) is 2.76. The van der Waals surface area contributed by atoms with Crippen LogP contribution in [0.5, 0.6) is 0 Å². The first-order valence-corrected chi connectivity index (χ1v) is 6.41. The summed E-state index contributed by atoms with van der Waals surface area (Å²) >= 11 is 0. The highest BCUT2D eigenvalue weighted by molar-refractivity contribution is 4.64. The summed E-state index contributed by atoms with van der Waals surface area (Å²) in [6.07, 6.45) is -1.24. The predicted molar refractivity (Wildman–Crippen MR) is 65.2 cm³/mol. The van der Waals surface area contributed by atoms with Crippen molar-refractivity contribution in [1.82, 2.24) is 10.2 Å². The van der Waals surface area contributed by atoms with Gasteiger partial charge in [0, 0.05) is 6.04 Å². The second kappa shape index (κ2) is 8.75. The zero-order valence-electron chi connectivity index (χ0n) is 11.1. The van der Waals surface area contributed by atoms with Crippen LogP contribution in [-0.4, -0.2) is 43.3 Å². The molecular weight excluding hydrogens is 229 g/mol. The van der Waals surface area contributed by atoms with Crippen molar-refractivity contribution in [3.63, 3.8) is 0 Å². The van der Waals surface area contributed by atoms with Crippen molar-refractivity contribution >= 4 is 0 Å². The zero-order chi connectivity index (χ0) is 13.3. The maximum Gasteiger partial charge on any atom is 0.401 e. The van der Waals surface area contributed by atoms with Gasteiger partial charge in [0.25, 0.3) is 0 Å². The maximum atomic E-state index is 12.2. The number of rotatable bonds is 9. The molecule has 104 valence electrons. The predicted octanol–water partition coefficient (Wildman–Crippen LogP) is 3.04. The van der Waals surface area contributed by atoms with Gasteiger partial charge in [-0.25, -0.2) is 0 Å². The fourth-order valence-electron chi connectivity index (χ4n) is 1.84. The Morgan fingerprint density at radius 1 is 1.18 bits per heavy atom. The number of alkyl halides is 3. The van der Waals surface area contributed by atoms with Gasteiger partial charge in [0.15, 0.2) is 0 Å². The zero-order valence-corrected chi connectivity index (χ0v) is 11.1. The molecule has 0 amide bonds. The number of unbranched alkanes of at least 4 members (excludes halogenated alkanes) is 1. The minimum Gasteiger partial charge on any atom is -0.315 e. The summed E-state index contributed by atoms with van der Waals surface area (Å²) in [5.74, 6) is 0. The molecule has 1 N–H and O–H groups in total. The molecule has 0 spiro atoms. The summed E-state index contributed by atoms with van der Waals surface area (Å²) in [4.78, 5) is 1.46. The lowest BCUT2D eigenvalue weighted by atomic mass is 10.1. The molecule has 5 heteroatoms. The fraction of sp³-hybridized carbons (Fsp3) is 1.00. The van der Waals surface area contributed by atoms with Crippen LogP contribution < -0.4 is 5.32 Å². The number of hydrogen-bond acceptors (Lipinski definition) is 2. The van der Waals surface area contributed by atoms with Gasteiger partial charge in [-0.3, -0.25) is 4.90 Å². The summed E-state index contributed by atoms with van der Waals surface area (Å²) < 4.78 is 36.5. The molecule has 2 nitrogen and oxygen atoms in total. The van der Waals surface area contributed by atoms with Crippen molar-refractivity contribution in [2.24, 2.45) is 0 Å².